The van der Waals surface area contributed by atoms with Gasteiger partial charge in [-0.3, -0.25) is 14.8 Å². The highest BCUT2D eigenvalue weighted by Crippen LogP contribution is 2.35. The Kier molecular flexibility index (Phi) is 9.81. The number of hydrogen-bond donors (Lipinski definition) is 2. The smallest absolute Gasteiger partial charge is 0.249 e. The fraction of sp³-hybridized carbons (Fsp3) is 0.312. The molecule has 210 valence electrons. The van der Waals surface area contributed by atoms with Crippen molar-refractivity contribution >= 4 is 22.4 Å². The van der Waals surface area contributed by atoms with E-state index in [2.05, 4.69) is 17.2 Å². The maximum Gasteiger partial charge on any atom is 0.249 e. The van der Waals surface area contributed by atoms with Gasteiger partial charge in [-0.15, -0.1) is 0 Å². The summed E-state index contributed by atoms with van der Waals surface area (Å²) < 4.78 is 17.7. The predicted octanol–water partition coefficient (Wildman–Crippen LogP) is 5.95. The molecule has 4 rings (SSSR count). The van der Waals surface area contributed by atoms with Crippen LogP contribution in [0, 0.1) is 0 Å². The van der Waals surface area contributed by atoms with Gasteiger partial charge in [0.1, 0.15) is 11.8 Å². The molecule has 1 heterocycles. The molecule has 3 N–H and O–H groups in total. The molecule has 1 atom stereocenters. The largest absolute Gasteiger partial charge is 0.493 e. The van der Waals surface area contributed by atoms with Crippen LogP contribution in [-0.2, 0) is 11.3 Å². The lowest BCUT2D eigenvalue weighted by atomic mass is 10.0. The Morgan fingerprint density at radius 1 is 0.950 bits per heavy atom. The van der Waals surface area contributed by atoms with Crippen LogP contribution in [0.1, 0.15) is 51.3 Å². The number of amides is 1. The van der Waals surface area contributed by atoms with Gasteiger partial charge < -0.3 is 19.5 Å². The first-order valence-corrected chi connectivity index (χ1v) is 13.7. The van der Waals surface area contributed by atoms with Crippen LogP contribution in [0.5, 0.6) is 17.2 Å². The van der Waals surface area contributed by atoms with Gasteiger partial charge in [0.2, 0.25) is 5.91 Å². The van der Waals surface area contributed by atoms with E-state index >= 15 is 0 Å². The van der Waals surface area contributed by atoms with Crippen molar-refractivity contribution in [1.82, 2.24) is 10.3 Å². The van der Waals surface area contributed by atoms with E-state index in [4.69, 9.17) is 20.1 Å². The lowest BCUT2D eigenvalue weighted by Crippen LogP contribution is -2.44. The monoisotopic (exact) mass is 542 g/mol. The van der Waals surface area contributed by atoms with E-state index in [1.807, 2.05) is 87.5 Å². The van der Waals surface area contributed by atoms with Crippen LogP contribution in [0.2, 0.25) is 0 Å². The Morgan fingerprint density at radius 3 is 2.55 bits per heavy atom. The Labute approximate surface area is 236 Å². The van der Waals surface area contributed by atoms with Crippen LogP contribution >= 0.6 is 0 Å². The number of carbonyl (C=O) groups excluding carboxylic acids is 1. The molecular formula is C32H38N4O4. The van der Waals surface area contributed by atoms with Crippen molar-refractivity contribution in [3.8, 4) is 17.2 Å². The summed E-state index contributed by atoms with van der Waals surface area (Å²) in [6.07, 6.45) is 4.39. The average molecular weight is 543 g/mol. The molecule has 0 radical (unpaired) electrons. The minimum Gasteiger partial charge on any atom is -0.493 e. The molecule has 3 aromatic carbocycles. The van der Waals surface area contributed by atoms with Gasteiger partial charge in [-0.25, -0.2) is 5.84 Å². The van der Waals surface area contributed by atoms with Crippen LogP contribution < -0.4 is 30.4 Å². The lowest BCUT2D eigenvalue weighted by Gasteiger charge is -2.30. The Bertz CT molecular complexity index is 1430. The number of nitrogens with one attached hydrogen (secondary N) is 1. The van der Waals surface area contributed by atoms with Crippen molar-refractivity contribution in [1.29, 1.82) is 0 Å². The average Bonchev–Trinajstić information content (AvgIpc) is 2.96. The molecule has 0 aliphatic carbocycles. The molecule has 4 aromatic rings. The second-order valence-corrected chi connectivity index (χ2v) is 9.70. The maximum absolute atomic E-state index is 13.9. The van der Waals surface area contributed by atoms with Crippen LogP contribution in [0.3, 0.4) is 0 Å². The van der Waals surface area contributed by atoms with Crippen molar-refractivity contribution in [2.24, 2.45) is 5.84 Å². The van der Waals surface area contributed by atoms with E-state index < -0.39 is 6.04 Å². The number of benzene rings is 3. The maximum atomic E-state index is 13.9. The van der Waals surface area contributed by atoms with E-state index in [-0.39, 0.29) is 12.0 Å². The number of ether oxygens (including phenoxy) is 3. The molecule has 40 heavy (non-hydrogen) atoms. The second kappa shape index (κ2) is 13.7. The fourth-order valence-electron chi connectivity index (χ4n) is 4.41. The predicted molar refractivity (Wildman–Crippen MR) is 159 cm³/mol. The molecule has 1 unspecified atom stereocenters. The minimum atomic E-state index is -0.852. The van der Waals surface area contributed by atoms with Crippen LogP contribution in [0.4, 0.5) is 5.69 Å². The first-order chi connectivity index (χ1) is 19.4. The number of anilines is 1. The molecule has 8 nitrogen and oxygen atoms in total. The van der Waals surface area contributed by atoms with Gasteiger partial charge >= 0.3 is 0 Å². The van der Waals surface area contributed by atoms with E-state index in [1.54, 1.807) is 12.4 Å². The van der Waals surface area contributed by atoms with Crippen LogP contribution in [0.15, 0.2) is 79.1 Å². The minimum absolute atomic E-state index is 0.0303. The molecule has 0 bridgehead atoms. The van der Waals surface area contributed by atoms with E-state index in [0.717, 1.165) is 28.5 Å². The van der Waals surface area contributed by atoms with Gasteiger partial charge in [-0.2, -0.15) is 0 Å². The first-order valence-electron chi connectivity index (χ1n) is 13.7. The van der Waals surface area contributed by atoms with Crippen LogP contribution in [-0.4, -0.2) is 30.2 Å². The van der Waals surface area contributed by atoms with E-state index in [0.29, 0.717) is 42.5 Å². The summed E-state index contributed by atoms with van der Waals surface area (Å²) in [6, 6.07) is 20.1. The summed E-state index contributed by atoms with van der Waals surface area (Å²) in [6.45, 7) is 9.23. The lowest BCUT2D eigenvalue weighted by molar-refractivity contribution is -0.122. The summed E-state index contributed by atoms with van der Waals surface area (Å²) >= 11 is 0. The molecule has 0 spiro atoms. The molecule has 1 amide bonds. The summed E-state index contributed by atoms with van der Waals surface area (Å²) in [7, 11) is 0. The van der Waals surface area contributed by atoms with Gasteiger partial charge in [-0.05, 0) is 74.5 Å². The fourth-order valence-corrected chi connectivity index (χ4v) is 4.41. The Morgan fingerprint density at radius 2 is 1.77 bits per heavy atom. The highest BCUT2D eigenvalue weighted by Gasteiger charge is 2.28. The Balaban J connectivity index is 1.69. The molecule has 8 heteroatoms. The number of para-hydroxylation sites is 1. The number of fused-ring (bicyclic) bond motifs is 1. The number of nitrogens with two attached hydrogens (primary N) is 1. The topological polar surface area (TPSA) is 98.9 Å². The molecular weight excluding hydrogens is 504 g/mol. The van der Waals surface area contributed by atoms with Gasteiger partial charge in [0.25, 0.3) is 0 Å². The summed E-state index contributed by atoms with van der Waals surface area (Å²) in [5.41, 5.74) is 2.25. The number of aromatic nitrogens is 1. The van der Waals surface area contributed by atoms with Gasteiger partial charge in [0, 0.05) is 29.9 Å². The highest BCUT2D eigenvalue weighted by molar-refractivity contribution is 5.89. The number of nitrogens with zero attached hydrogens (tertiary/aromatic N) is 2. The molecule has 0 saturated carbocycles. The first kappa shape index (κ1) is 28.7. The Hall–Kier alpha value is -4.30. The number of pyridine rings is 1. The molecule has 0 aliphatic heterocycles. The number of hydrazine groups is 1. The summed E-state index contributed by atoms with van der Waals surface area (Å²) in [4.78, 5) is 18.1. The zero-order valence-corrected chi connectivity index (χ0v) is 23.6. The quantitative estimate of drug-likeness (QED) is 0.159. The van der Waals surface area contributed by atoms with Gasteiger partial charge in [-0.1, -0.05) is 37.3 Å². The van der Waals surface area contributed by atoms with Crippen molar-refractivity contribution in [3.63, 3.8) is 0 Å². The number of hydrogen-bond acceptors (Lipinski definition) is 7. The zero-order valence-electron chi connectivity index (χ0n) is 23.6. The molecule has 0 fully saturated rings. The van der Waals surface area contributed by atoms with Crippen molar-refractivity contribution in [3.05, 3.63) is 90.3 Å². The molecule has 0 aliphatic rings. The molecule has 0 saturated heterocycles. The van der Waals surface area contributed by atoms with Crippen LogP contribution in [0.25, 0.3) is 10.8 Å². The van der Waals surface area contributed by atoms with Crippen molar-refractivity contribution in [2.45, 2.75) is 52.8 Å². The SMILES string of the molecule is CCCOc1ccccc1CNC(=O)C(c1ccc(OC(C)C)c(OCC)c1)N(N)c1ccc2cnccc2c1. The normalized spacial score (nSPS) is 11.8. The number of rotatable bonds is 13. The molecule has 1 aromatic heterocycles. The summed E-state index contributed by atoms with van der Waals surface area (Å²) in [5, 5.41) is 6.52. The summed E-state index contributed by atoms with van der Waals surface area (Å²) in [5.74, 6) is 8.39. The third-order valence-corrected chi connectivity index (χ3v) is 6.28. The zero-order chi connectivity index (χ0) is 28.5. The third kappa shape index (κ3) is 7.01. The van der Waals surface area contributed by atoms with Crippen molar-refractivity contribution in [2.75, 3.05) is 18.2 Å². The standard InChI is InChI=1S/C32H38N4O4/c1-5-17-39-28-10-8-7-9-26(28)21-35-32(37)31(24-12-14-29(40-22(3)4)30(19-24)38-6-2)36(33)27-13-11-25-20-34-16-15-23(25)18-27/h7-16,18-20,22,31H,5-6,17,21,33H2,1-4H3,(H,35,37). The van der Waals surface area contributed by atoms with Gasteiger partial charge in [0.05, 0.1) is 25.0 Å². The third-order valence-electron chi connectivity index (χ3n) is 6.28. The van der Waals surface area contributed by atoms with E-state index in [1.165, 1.54) is 5.01 Å². The number of carbonyl (C=O) groups is 1. The van der Waals surface area contributed by atoms with Crippen molar-refractivity contribution < 1.29 is 19.0 Å². The van der Waals surface area contributed by atoms with Gasteiger partial charge in [0.15, 0.2) is 11.5 Å². The second-order valence-electron chi connectivity index (χ2n) is 9.70. The van der Waals surface area contributed by atoms with E-state index in [9.17, 15) is 4.79 Å². The highest BCUT2D eigenvalue weighted by atomic mass is 16.5.